The molecule has 14 aliphatic heterocycles. The molecule has 0 radical (unpaired) electrons. The highest BCUT2D eigenvalue weighted by Crippen LogP contribution is 2.63. The van der Waals surface area contributed by atoms with Gasteiger partial charge >= 0.3 is 40.3 Å². The molecule has 10 N–H and O–H groups in total. The summed E-state index contributed by atoms with van der Waals surface area (Å²) in [4.78, 5) is 89.1. The average Bonchev–Trinajstić information content (AvgIpc) is 1.63. The van der Waals surface area contributed by atoms with E-state index in [1.165, 1.54) is 19.8 Å². The fourth-order valence-electron chi connectivity index (χ4n) is 16.7. The van der Waals surface area contributed by atoms with Gasteiger partial charge in [-0.1, -0.05) is 51.0 Å². The number of imidazole rings is 4. The van der Waals surface area contributed by atoms with E-state index in [0.717, 1.165) is 0 Å². The molecule has 0 bridgehead atoms. The van der Waals surface area contributed by atoms with Gasteiger partial charge in [0.15, 0.2) is 39.9 Å². The van der Waals surface area contributed by atoms with Crippen LogP contribution in [0.3, 0.4) is 0 Å². The first-order valence-electron chi connectivity index (χ1n) is 45.1. The molecule has 1 amide bonds. The van der Waals surface area contributed by atoms with Crippen molar-refractivity contribution in [3.8, 4) is 0 Å². The Bertz CT molecular complexity index is 6860. The minimum absolute atomic E-state index is 0. The number of nitrogens with one attached hydrogen (secondary N) is 3. The fraction of sp³-hybridized carbons (Fsp3) is 0.488. The number of H-pyrrole nitrogens is 2. The molecule has 22 heterocycles. The van der Waals surface area contributed by atoms with Crippen molar-refractivity contribution in [3.05, 3.63) is 188 Å². The number of carbonyl (C=O) groups is 1. The summed E-state index contributed by atoms with van der Waals surface area (Å²) in [7, 11) is 5.07. The van der Waals surface area contributed by atoms with Gasteiger partial charge in [0.05, 0.1) is 146 Å². The van der Waals surface area contributed by atoms with E-state index < -0.39 is 71.1 Å². The van der Waals surface area contributed by atoms with Crippen molar-refractivity contribution < 1.29 is 120 Å². The Morgan fingerprint density at radius 3 is 1.29 bits per heavy atom. The number of amides is 1. The van der Waals surface area contributed by atoms with Crippen molar-refractivity contribution in [3.63, 3.8) is 0 Å². The number of carbonyl (C=O) groups excluding carboxylic acids is 1. The predicted octanol–water partition coefficient (Wildman–Crippen LogP) is 9.72. The van der Waals surface area contributed by atoms with Crippen molar-refractivity contribution in [2.24, 2.45) is 15.7 Å². The maximum Gasteiger partial charge on any atom is 0.327 e. The van der Waals surface area contributed by atoms with E-state index in [4.69, 9.17) is 198 Å². The van der Waals surface area contributed by atoms with Crippen LogP contribution >= 0.6 is 40.3 Å². The Balaban J connectivity index is 0.000000126. The smallest absolute Gasteiger partial charge is 0.327 e. The number of fused-ring (bicyclic) bond motifs is 10. The number of amidine groups is 1. The highest BCUT2D eigenvalue weighted by molar-refractivity contribution is 8.09. The zero-order valence-corrected chi connectivity index (χ0v) is 89.3. The number of nitrogen functional groups attached to an aromatic ring is 2. The highest BCUT2D eigenvalue weighted by Gasteiger charge is 2.55. The molecule has 51 nitrogen and oxygen atoms in total. The largest absolute Gasteiger partial charge is 0.397 e. The van der Waals surface area contributed by atoms with Crippen LogP contribution in [-0.4, -0.2) is 292 Å². The van der Waals surface area contributed by atoms with Crippen LogP contribution in [-0.2, 0) is 185 Å². The topological polar surface area (TPSA) is 572 Å². The third-order valence-corrected chi connectivity index (χ3v) is 37.7. The van der Waals surface area contributed by atoms with Crippen LogP contribution in [0.25, 0.3) is 44.7 Å². The van der Waals surface area contributed by atoms with Crippen LogP contribution in [0.1, 0.15) is 77.2 Å². The van der Waals surface area contributed by atoms with Gasteiger partial charge in [-0.05, 0) is 103 Å². The Labute approximate surface area is 872 Å². The average molecular weight is 2270 g/mol. The summed E-state index contributed by atoms with van der Waals surface area (Å²) in [6.07, 6.45) is 20.7. The first-order valence-corrected chi connectivity index (χ1v) is 60.5. The van der Waals surface area contributed by atoms with Crippen LogP contribution in [0.2, 0.25) is 0 Å². The molecule has 25 atom stereocenters. The summed E-state index contributed by atoms with van der Waals surface area (Å²) in [5.41, 5.74) is 22.3. The summed E-state index contributed by atoms with van der Waals surface area (Å²) in [5.74, 6) is 1.97. The van der Waals surface area contributed by atoms with E-state index in [1.807, 2.05) is 23.6 Å². The molecule has 0 aromatic carbocycles. The number of pyridine rings is 2. The van der Waals surface area contributed by atoms with Crippen LogP contribution < -0.4 is 33.6 Å². The van der Waals surface area contributed by atoms with E-state index >= 15 is 0 Å². The van der Waals surface area contributed by atoms with Crippen molar-refractivity contribution in [2.45, 2.75) is 170 Å². The number of aromatic nitrogens is 14. The second-order valence-electron chi connectivity index (χ2n) is 33.9. The molecular weight excluding hydrogens is 2160 g/mol. The Hall–Kier alpha value is -7.89. The third-order valence-electron chi connectivity index (χ3n) is 23.6. The summed E-state index contributed by atoms with van der Waals surface area (Å²) in [6, 6.07) is 3.38. The maximum atomic E-state index is 12.3. The summed E-state index contributed by atoms with van der Waals surface area (Å²) in [6.45, 7) is 15.8. The third kappa shape index (κ3) is 25.6. The lowest BCUT2D eigenvalue weighted by Crippen LogP contribution is -2.42. The van der Waals surface area contributed by atoms with Crippen LogP contribution in [0.4, 0.5) is 17.3 Å². The van der Waals surface area contributed by atoms with Gasteiger partial charge in [0.1, 0.15) is 114 Å². The van der Waals surface area contributed by atoms with Crippen LogP contribution in [0.5, 0.6) is 0 Å². The van der Waals surface area contributed by atoms with Gasteiger partial charge < -0.3 is 153 Å². The molecular formula is C84H111N23O28P6S6. The molecule has 63 heteroatoms. The summed E-state index contributed by atoms with van der Waals surface area (Å²) >= 11 is 32.0. The van der Waals surface area contributed by atoms with E-state index in [-0.39, 0.29) is 160 Å². The zero-order valence-electron chi connectivity index (χ0n) is 79.0. The Morgan fingerprint density at radius 1 is 0.490 bits per heavy atom. The number of aliphatic imine (C=N–C) groups is 2. The summed E-state index contributed by atoms with van der Waals surface area (Å²) in [5, 5.41) is 13.3. The molecule has 0 aliphatic carbocycles. The first-order chi connectivity index (χ1) is 69.9. The summed E-state index contributed by atoms with van der Waals surface area (Å²) < 4.78 is 144. The number of nitrogens with zero attached hydrogens (tertiary/aromatic N) is 17. The van der Waals surface area contributed by atoms with Gasteiger partial charge in [0.25, 0.3) is 17.0 Å². The number of rotatable bonds is 24. The molecule has 796 valence electrons. The first kappa shape index (κ1) is 112. The SMILES string of the molecule is C.C=CCOP1(=S)OC[C@H]2O[C@@H](N3C=C(C)C(=O)NC3=C)CC2O1.C=CCOP1(=S)OC[C@H]2O[C@@H](N3C=CC(N)=NC3=C)CC2O1.C=CCOP1(=S)OC[C@H]2O[C@@H](n3cnc4c(=O)[nH]c(C)nc43)CC2O1.C=CCOP1(=S)OC[C@H]2O[C@@H](n3cnc4c(=O)[nH]c(N=CN(C)C)nc43)CC2O1.C=CCOP1(=S)OC[C@H]2O[C@@H](n3cnc4c(N)ccnc43)CC2O1.COP1(=S)OC[C@H]2O[C@@H](n3cnc4c(N)ccnc43)C(O)C2O1. The van der Waals surface area contributed by atoms with Crippen LogP contribution in [0, 0.1) is 6.92 Å². The van der Waals surface area contributed by atoms with Gasteiger partial charge in [0.2, 0.25) is 5.95 Å². The highest BCUT2D eigenvalue weighted by atomic mass is 32.5. The van der Waals surface area contributed by atoms with Gasteiger partial charge in [0, 0.05) is 83.7 Å². The van der Waals surface area contributed by atoms with E-state index in [0.29, 0.717) is 146 Å². The van der Waals surface area contributed by atoms with E-state index in [1.54, 1.807) is 130 Å². The molecule has 12 fully saturated rings. The van der Waals surface area contributed by atoms with Crippen molar-refractivity contribution >= 4 is 191 Å². The monoisotopic (exact) mass is 2270 g/mol. The molecule has 8 aromatic heterocycles. The quantitative estimate of drug-likeness (QED) is 0.0128. The zero-order chi connectivity index (χ0) is 103. The Morgan fingerprint density at radius 2 is 0.864 bits per heavy atom. The molecule has 12 saturated heterocycles. The van der Waals surface area contributed by atoms with Crippen molar-refractivity contribution in [1.82, 2.24) is 88.1 Å². The lowest BCUT2D eigenvalue weighted by Gasteiger charge is -2.33. The molecule has 22 rings (SSSR count). The molecule has 0 saturated carbocycles. The molecule has 13 unspecified atom stereocenters. The number of aryl methyl sites for hydroxylation is 1. The lowest BCUT2D eigenvalue weighted by molar-refractivity contribution is -0.119. The maximum absolute atomic E-state index is 12.3. The number of aromatic amines is 2. The van der Waals surface area contributed by atoms with E-state index in [9.17, 15) is 19.5 Å². The number of hydrogen-bond acceptors (Lipinski definition) is 49. The lowest BCUT2D eigenvalue weighted by atomic mass is 10.1. The normalized spacial score (nSPS) is 33.9. The van der Waals surface area contributed by atoms with Gasteiger partial charge in [-0.3, -0.25) is 42.2 Å². The number of aliphatic hydroxyl groups is 1. The van der Waals surface area contributed by atoms with Crippen molar-refractivity contribution in [2.75, 3.05) is 105 Å². The van der Waals surface area contributed by atoms with Gasteiger partial charge in [-0.2, -0.15) is 4.98 Å². The van der Waals surface area contributed by atoms with Crippen LogP contribution in [0.15, 0.2) is 182 Å². The minimum atomic E-state index is -2.83. The number of ether oxygens (including phenoxy) is 6. The molecule has 8 aromatic rings. The predicted molar refractivity (Wildman–Crippen MR) is 559 cm³/mol. The Kier molecular flexibility index (Phi) is 36.3. The number of nitrogens with two attached hydrogens (primary N) is 3. The molecule has 0 spiro atoms. The minimum Gasteiger partial charge on any atom is -0.397 e. The molecule has 147 heavy (non-hydrogen) atoms. The van der Waals surface area contributed by atoms with E-state index in [2.05, 4.69) is 111 Å². The number of hydrogen-bond donors (Lipinski definition) is 7. The van der Waals surface area contributed by atoms with Gasteiger partial charge in [-0.25, -0.2) is 44.9 Å². The number of aliphatic hydroxyl groups excluding tert-OH is 1. The molecule has 14 aliphatic rings. The van der Waals surface area contributed by atoms with Gasteiger partial charge in [-0.15, -0.1) is 32.9 Å². The second kappa shape index (κ2) is 47.8. The fourth-order valence-corrected chi connectivity index (χ4v) is 28.7. The second-order valence-corrected chi connectivity index (χ2v) is 51.8. The number of anilines is 2. The standard InChI is InChI=1S/C16H21N6O5PS.C14H17N4O5PS.C14H17N4O4PS.C14H19N2O5PS.C13H18N3O4PS.C12H15N4O5PS.CH4/c1-4-5-24-28(29)25-7-11-10(27-28)6-12(26-11)22-9-17-13-14(22)19-16(20-15(13)23)18-8-21(2)3;1-3-4-20-24(25)21-6-10-9(23-24)5-11(22-10)18-7-15-12-13(18)16-8(2)17-14(12)19;1-2-5-19-23(24)20-7-11-10(22-23)6-12(21-11)18-8-17-13-9(15)3-4-16-14(13)18;1-4-5-18-22(23)19-8-12-11(21-22)6-13(20-12)16-7-9(2)14(17)15-10(16)3;1-3-6-17-21(22)18-8-11-10(20-21)7-13(19-11)16-5-4-12(14)15-9(16)2;1-18-22(23)19-4-7-10(21-22)9(17)12(20-7)16-5-15-8-6(13)2-3-14-11(8)16;/h4,8-12H,1,5-7H2,2-3H3,(H,19,20,23);3,7,9-11H,1,4-6H2,2H3,(H,16,17,19);2-4,8,10-12H,1,5-7H2,(H2,15,16);4,7,11-13H,1,3,5-6,8H2,2H3,(H,15,17);3-5,10-11,13H,1-2,6-8H2,(H2,14,15);2-3,5,7,9-10,12,17H,4H2,1H3,(H2,13,14);1H4/t10?,11-,12-,28?;9?,10-,11-,24?;10?,11-,12-,23?;11?,12-,13-,22?;10?,11-,13-,21?;7-,9?,10?,12-,22?;/m111111./s1. The van der Waals surface area contributed by atoms with Crippen molar-refractivity contribution in [1.29, 1.82) is 0 Å².